The second kappa shape index (κ2) is 12.9. The van der Waals surface area contributed by atoms with Gasteiger partial charge in [0.1, 0.15) is 11.7 Å². The Morgan fingerprint density at radius 2 is 1.89 bits per heavy atom. The molecule has 0 spiro atoms. The quantitative estimate of drug-likeness (QED) is 0.272. The molecule has 196 valence electrons. The van der Waals surface area contributed by atoms with E-state index in [4.69, 9.17) is 9.31 Å². The molecule has 13 heteroatoms. The number of amides is 2. The van der Waals surface area contributed by atoms with Crippen LogP contribution in [0.25, 0.3) is 0 Å². The van der Waals surface area contributed by atoms with Gasteiger partial charge in [-0.2, -0.15) is 0 Å². The number of carbonyl (C=O) groups is 4. The molecule has 2 heterocycles. The Balaban J connectivity index is 1.78. The second-order valence-corrected chi connectivity index (χ2v) is 8.88. The van der Waals surface area contributed by atoms with E-state index in [0.717, 1.165) is 12.7 Å². The van der Waals surface area contributed by atoms with Crippen LogP contribution in [0.4, 0.5) is 0 Å². The van der Waals surface area contributed by atoms with E-state index in [1.54, 1.807) is 0 Å². The molecule has 12 nitrogen and oxygen atoms in total. The largest absolute Gasteiger partial charge is 0.552 e. The molecule has 0 unspecified atom stereocenters. The van der Waals surface area contributed by atoms with Gasteiger partial charge >= 0.3 is 19.1 Å². The predicted molar refractivity (Wildman–Crippen MR) is 130 cm³/mol. The molecule has 1 saturated heterocycles. The number of hydrogen-bond donors (Lipinski definition) is 3. The molecule has 2 amide bonds. The van der Waals surface area contributed by atoms with Crippen LogP contribution in [0.15, 0.2) is 48.9 Å². The number of methoxy groups -OCH3 is 1. The van der Waals surface area contributed by atoms with Gasteiger partial charge in [0, 0.05) is 18.8 Å². The summed E-state index contributed by atoms with van der Waals surface area (Å²) >= 11 is 0. The first-order valence-electron chi connectivity index (χ1n) is 11.7. The molecule has 1 aliphatic rings. The molecule has 37 heavy (non-hydrogen) atoms. The number of benzene rings is 1. The molecule has 1 aromatic carbocycles. The minimum atomic E-state index is -1.88. The summed E-state index contributed by atoms with van der Waals surface area (Å²) in [6, 6.07) is 8.09. The van der Waals surface area contributed by atoms with Gasteiger partial charge in [-0.15, -0.1) is 0 Å². The zero-order valence-corrected chi connectivity index (χ0v) is 20.7. The van der Waals surface area contributed by atoms with Crippen LogP contribution in [0.5, 0.6) is 0 Å². The second-order valence-electron chi connectivity index (χ2n) is 8.88. The van der Waals surface area contributed by atoms with Crippen molar-refractivity contribution < 1.29 is 38.3 Å². The smallest absolute Gasteiger partial charge is 0.506 e. The third-order valence-corrected chi connectivity index (χ3v) is 5.56. The van der Waals surface area contributed by atoms with Crippen molar-refractivity contribution in [3.8, 4) is 0 Å². The fourth-order valence-electron chi connectivity index (χ4n) is 3.77. The van der Waals surface area contributed by atoms with Gasteiger partial charge in [0.05, 0.1) is 19.2 Å². The number of aliphatic hydroxyl groups is 1. The lowest BCUT2D eigenvalue weighted by atomic mass is 9.74. The predicted octanol–water partition coefficient (Wildman–Crippen LogP) is -0.148. The molecule has 1 fully saturated rings. The number of ether oxygens (including phenoxy) is 1. The van der Waals surface area contributed by atoms with Gasteiger partial charge in [0.15, 0.2) is 12.2 Å². The summed E-state index contributed by atoms with van der Waals surface area (Å²) in [6.07, 6.45) is 1.10. The monoisotopic (exact) mass is 512 g/mol. The molecule has 1 aliphatic heterocycles. The van der Waals surface area contributed by atoms with E-state index in [2.05, 4.69) is 25.3 Å². The average molecular weight is 512 g/mol. The number of nitrogens with zero attached hydrogens (tertiary/aromatic N) is 2. The number of aliphatic hydroxyl groups excluding tert-OH is 1. The molecule has 0 saturated carbocycles. The minimum Gasteiger partial charge on any atom is -0.506 e. The first kappa shape index (κ1) is 27.7. The van der Waals surface area contributed by atoms with Crippen molar-refractivity contribution in [3.05, 3.63) is 60.2 Å². The van der Waals surface area contributed by atoms with E-state index in [1.807, 2.05) is 44.2 Å². The summed E-state index contributed by atoms with van der Waals surface area (Å²) in [6.45, 7) is 3.79. The number of hydrogen-bond acceptors (Lipinski definition) is 10. The fraction of sp³-hybridized carbons (Fsp3) is 0.417. The molecule has 3 N–H and O–H groups in total. The Bertz CT molecular complexity index is 1090. The van der Waals surface area contributed by atoms with Crippen LogP contribution in [-0.2, 0) is 34.9 Å². The van der Waals surface area contributed by atoms with E-state index in [0.29, 0.717) is 6.42 Å². The number of rotatable bonds is 11. The molecule has 3 rings (SSSR count). The zero-order chi connectivity index (χ0) is 26.9. The molecule has 4 atom stereocenters. The first-order valence-corrected chi connectivity index (χ1v) is 11.7. The van der Waals surface area contributed by atoms with E-state index >= 15 is 0 Å². The van der Waals surface area contributed by atoms with E-state index < -0.39 is 55.1 Å². The summed E-state index contributed by atoms with van der Waals surface area (Å²) in [5.41, 5.74) is 0.840. The third-order valence-electron chi connectivity index (χ3n) is 5.56. The highest BCUT2D eigenvalue weighted by molar-refractivity contribution is 6.51. The summed E-state index contributed by atoms with van der Waals surface area (Å²) < 4.78 is 15.2. The summed E-state index contributed by atoms with van der Waals surface area (Å²) in [4.78, 5) is 58.0. The maximum Gasteiger partial charge on any atom is 0.552 e. The van der Waals surface area contributed by atoms with Crippen LogP contribution in [0.1, 0.15) is 36.3 Å². The van der Waals surface area contributed by atoms with Gasteiger partial charge in [-0.05, 0) is 17.9 Å². The topological polar surface area (TPSA) is 166 Å². The lowest BCUT2D eigenvalue weighted by Crippen LogP contribution is -2.55. The SMILES string of the molecule is COC(=O)[C@H](O)[C@H]1OB([C@H](CC(C)C)NC(=O)[C@H](Cc2ccccc2)NC(=O)c2cnccn2)OC1=O. The third kappa shape index (κ3) is 7.57. The maximum absolute atomic E-state index is 13.4. The molecule has 0 radical (unpaired) electrons. The van der Waals surface area contributed by atoms with Crippen molar-refractivity contribution in [1.29, 1.82) is 0 Å². The average Bonchev–Trinajstić information content (AvgIpc) is 3.29. The van der Waals surface area contributed by atoms with Crippen molar-refractivity contribution >= 4 is 30.9 Å². The van der Waals surface area contributed by atoms with Gasteiger partial charge in [0.2, 0.25) is 5.91 Å². The van der Waals surface area contributed by atoms with Gasteiger partial charge in [-0.3, -0.25) is 19.4 Å². The Hall–Kier alpha value is -3.84. The van der Waals surface area contributed by atoms with Gasteiger partial charge in [-0.1, -0.05) is 44.2 Å². The number of carbonyl (C=O) groups excluding carboxylic acids is 4. The van der Waals surface area contributed by atoms with Crippen molar-refractivity contribution in [1.82, 2.24) is 20.6 Å². The normalized spacial score (nSPS) is 17.5. The van der Waals surface area contributed by atoms with Crippen LogP contribution in [0.2, 0.25) is 0 Å². The molecule has 0 bridgehead atoms. The van der Waals surface area contributed by atoms with Crippen LogP contribution in [0, 0.1) is 5.92 Å². The van der Waals surface area contributed by atoms with Gasteiger partial charge in [-0.25, -0.2) is 9.78 Å². The molecular formula is C24H29BN4O8. The highest BCUT2D eigenvalue weighted by atomic mass is 16.7. The highest BCUT2D eigenvalue weighted by Crippen LogP contribution is 2.21. The van der Waals surface area contributed by atoms with Crippen molar-refractivity contribution in [2.24, 2.45) is 5.92 Å². The highest BCUT2D eigenvalue weighted by Gasteiger charge is 2.51. The van der Waals surface area contributed by atoms with Crippen LogP contribution in [-0.4, -0.2) is 77.2 Å². The zero-order valence-electron chi connectivity index (χ0n) is 20.7. The van der Waals surface area contributed by atoms with Crippen LogP contribution < -0.4 is 10.6 Å². The summed E-state index contributed by atoms with van der Waals surface area (Å²) in [5.74, 6) is -3.95. The minimum absolute atomic E-state index is 0.0407. The maximum atomic E-state index is 13.4. The lowest BCUT2D eigenvalue weighted by molar-refractivity contribution is -0.160. The standard InChI is InChI=1S/C24H29BN4O8/c1-14(2)11-18(25-36-20(24(34)37-25)19(30)23(33)35-3)29-21(31)16(12-15-7-5-4-6-8-15)28-22(32)17-13-26-9-10-27-17/h4-10,13-14,16,18-20,30H,11-12H2,1-3H3,(H,28,32)(H,29,31)/t16-,18-,19+,20+/m0/s1. The Labute approximate surface area is 214 Å². The van der Waals surface area contributed by atoms with Crippen molar-refractivity contribution in [3.63, 3.8) is 0 Å². The Morgan fingerprint density at radius 3 is 2.51 bits per heavy atom. The number of nitrogens with one attached hydrogen (secondary N) is 2. The Kier molecular flexibility index (Phi) is 9.69. The molecular weight excluding hydrogens is 483 g/mol. The molecule has 2 aromatic rings. The number of esters is 1. The lowest BCUT2D eigenvalue weighted by Gasteiger charge is -2.25. The van der Waals surface area contributed by atoms with E-state index in [-0.39, 0.29) is 18.0 Å². The first-order chi connectivity index (χ1) is 17.7. The van der Waals surface area contributed by atoms with Crippen LogP contribution >= 0.6 is 0 Å². The van der Waals surface area contributed by atoms with Crippen molar-refractivity contribution in [2.75, 3.05) is 7.11 Å². The number of aromatic nitrogens is 2. The Morgan fingerprint density at radius 1 is 1.16 bits per heavy atom. The van der Waals surface area contributed by atoms with Crippen LogP contribution in [0.3, 0.4) is 0 Å². The van der Waals surface area contributed by atoms with Gasteiger partial charge in [0.25, 0.3) is 5.91 Å². The summed E-state index contributed by atoms with van der Waals surface area (Å²) in [5, 5.41) is 15.6. The van der Waals surface area contributed by atoms with E-state index in [1.165, 1.54) is 18.6 Å². The van der Waals surface area contributed by atoms with E-state index in [9.17, 15) is 24.3 Å². The fourth-order valence-corrected chi connectivity index (χ4v) is 3.77. The summed E-state index contributed by atoms with van der Waals surface area (Å²) in [7, 11) is -0.205. The molecule has 0 aliphatic carbocycles. The molecule has 1 aromatic heterocycles. The van der Waals surface area contributed by atoms with Gasteiger partial charge < -0.3 is 29.8 Å². The van der Waals surface area contributed by atoms with Crippen molar-refractivity contribution in [2.45, 2.75) is 50.9 Å².